The van der Waals surface area contributed by atoms with Crippen LogP contribution in [-0.4, -0.2) is 76.7 Å². The molecule has 0 saturated carbocycles. The maximum atomic E-state index is 12.9. The van der Waals surface area contributed by atoms with E-state index in [1.54, 1.807) is 18.2 Å². The molecule has 17 heteroatoms. The van der Waals surface area contributed by atoms with Crippen LogP contribution in [0.25, 0.3) is 0 Å². The second-order valence-corrected chi connectivity index (χ2v) is 9.12. The van der Waals surface area contributed by atoms with Crippen molar-refractivity contribution in [3.63, 3.8) is 0 Å². The SMILES string of the molecule is CO/N=C(\C(=O)NC1C(=O)N(S(=O)(=O)O)C1C(=O)Nc1ccccc1)c1csc(NC(=O)CCl)n1. The number of nitrogens with one attached hydrogen (secondary N) is 3. The molecule has 3 rings (SSSR count). The number of β-lactam (4-membered cyclic amide) rings is 1. The molecule has 0 radical (unpaired) electrons. The Labute approximate surface area is 207 Å². The van der Waals surface area contributed by atoms with Gasteiger partial charge in [0, 0.05) is 11.1 Å². The molecule has 2 atom stereocenters. The number of nitrogens with zero attached hydrogens (tertiary/aromatic N) is 3. The second kappa shape index (κ2) is 10.8. The zero-order valence-corrected chi connectivity index (χ0v) is 20.1. The van der Waals surface area contributed by atoms with Gasteiger partial charge in [0.25, 0.3) is 17.7 Å². The van der Waals surface area contributed by atoms with E-state index in [0.717, 1.165) is 18.4 Å². The number of aromatic nitrogens is 1. The molecule has 4 N–H and O–H groups in total. The molecule has 35 heavy (non-hydrogen) atoms. The predicted octanol–water partition coefficient (Wildman–Crippen LogP) is -0.192. The van der Waals surface area contributed by atoms with E-state index in [1.807, 2.05) is 0 Å². The first-order valence-electron chi connectivity index (χ1n) is 9.47. The number of thiazole rings is 1. The van der Waals surface area contributed by atoms with Gasteiger partial charge < -0.3 is 20.8 Å². The van der Waals surface area contributed by atoms with Crippen molar-refractivity contribution in [3.8, 4) is 0 Å². The van der Waals surface area contributed by atoms with Crippen LogP contribution in [0.15, 0.2) is 40.9 Å². The van der Waals surface area contributed by atoms with Gasteiger partial charge in [0.2, 0.25) is 5.91 Å². The summed E-state index contributed by atoms with van der Waals surface area (Å²) in [6.45, 7) is 0. The summed E-state index contributed by atoms with van der Waals surface area (Å²) in [6, 6.07) is 4.45. The van der Waals surface area contributed by atoms with Crippen LogP contribution in [0, 0.1) is 0 Å². The summed E-state index contributed by atoms with van der Waals surface area (Å²) in [4.78, 5) is 58.1. The Morgan fingerprint density at radius 1 is 1.26 bits per heavy atom. The summed E-state index contributed by atoms with van der Waals surface area (Å²) in [5.41, 5.74) is -0.203. The number of hydrogen-bond donors (Lipinski definition) is 4. The predicted molar refractivity (Wildman–Crippen MR) is 124 cm³/mol. The number of hydrogen-bond acceptors (Lipinski definition) is 10. The largest absolute Gasteiger partial charge is 0.398 e. The van der Waals surface area contributed by atoms with Gasteiger partial charge in [-0.05, 0) is 12.1 Å². The van der Waals surface area contributed by atoms with E-state index in [1.165, 1.54) is 17.5 Å². The number of para-hydroxylation sites is 1. The summed E-state index contributed by atoms with van der Waals surface area (Å²) in [5, 5.41) is 12.0. The molecule has 14 nitrogen and oxygen atoms in total. The van der Waals surface area contributed by atoms with Gasteiger partial charge in [-0.25, -0.2) is 4.98 Å². The van der Waals surface area contributed by atoms with E-state index >= 15 is 0 Å². The molecule has 0 aliphatic carbocycles. The highest BCUT2D eigenvalue weighted by molar-refractivity contribution is 7.84. The Morgan fingerprint density at radius 3 is 2.54 bits per heavy atom. The zero-order chi connectivity index (χ0) is 25.8. The minimum Gasteiger partial charge on any atom is -0.398 e. The van der Waals surface area contributed by atoms with Crippen LogP contribution in [-0.2, 0) is 34.3 Å². The van der Waals surface area contributed by atoms with E-state index in [4.69, 9.17) is 11.6 Å². The number of alkyl halides is 1. The molecule has 1 aliphatic heterocycles. The van der Waals surface area contributed by atoms with E-state index in [2.05, 4.69) is 30.9 Å². The number of amides is 4. The van der Waals surface area contributed by atoms with Crippen molar-refractivity contribution in [1.29, 1.82) is 0 Å². The Kier molecular flexibility index (Phi) is 8.00. The van der Waals surface area contributed by atoms with Crippen LogP contribution in [0.2, 0.25) is 0 Å². The van der Waals surface area contributed by atoms with Gasteiger partial charge in [-0.1, -0.05) is 23.4 Å². The Hall–Kier alpha value is -3.60. The molecular formula is C18H17ClN6O8S2. The minimum absolute atomic E-state index is 0.0496. The standard InChI is InChI=1S/C18H17ClN6O8S2/c1-33-24-12(10-8-34-18(21-10)22-11(26)7-19)15(27)23-13-14(25(17(13)29)35(30,31)32)16(28)20-9-5-3-2-4-6-9/h2-6,8,13-14H,7H2,1H3,(H,20,28)(H,23,27)(H,21,22,26)(H,30,31,32)/b24-12-. The number of carbonyl (C=O) groups excluding carboxylic acids is 4. The van der Waals surface area contributed by atoms with Crippen LogP contribution in [0.3, 0.4) is 0 Å². The van der Waals surface area contributed by atoms with Gasteiger partial charge in [-0.15, -0.1) is 22.9 Å². The third-order valence-electron chi connectivity index (χ3n) is 4.41. The van der Waals surface area contributed by atoms with Crippen molar-refractivity contribution in [1.82, 2.24) is 14.6 Å². The molecule has 0 spiro atoms. The van der Waals surface area contributed by atoms with Crippen molar-refractivity contribution in [2.24, 2.45) is 5.16 Å². The monoisotopic (exact) mass is 544 g/mol. The van der Waals surface area contributed by atoms with Crippen LogP contribution in [0.4, 0.5) is 10.8 Å². The summed E-state index contributed by atoms with van der Waals surface area (Å²) >= 11 is 6.37. The van der Waals surface area contributed by atoms with Crippen LogP contribution in [0.1, 0.15) is 5.69 Å². The molecule has 1 aromatic heterocycles. The average Bonchev–Trinajstić information content (AvgIpc) is 3.26. The fraction of sp³-hybridized carbons (Fsp3) is 0.222. The molecule has 2 unspecified atom stereocenters. The lowest BCUT2D eigenvalue weighted by molar-refractivity contribution is -0.150. The molecule has 2 aromatic rings. The first-order valence-corrected chi connectivity index (χ1v) is 12.3. The maximum Gasteiger partial charge on any atom is 0.363 e. The van der Waals surface area contributed by atoms with Crippen molar-refractivity contribution in [2.75, 3.05) is 23.6 Å². The fourth-order valence-corrected chi connectivity index (χ4v) is 4.58. The highest BCUT2D eigenvalue weighted by atomic mass is 35.5. The highest BCUT2D eigenvalue weighted by Crippen LogP contribution is 2.25. The lowest BCUT2D eigenvalue weighted by Crippen LogP contribution is -2.75. The molecule has 4 amide bonds. The third kappa shape index (κ3) is 5.91. The zero-order valence-electron chi connectivity index (χ0n) is 17.7. The van der Waals surface area contributed by atoms with Crippen LogP contribution in [0.5, 0.6) is 0 Å². The lowest BCUT2D eigenvalue weighted by atomic mass is 9.97. The van der Waals surface area contributed by atoms with Gasteiger partial charge in [0.15, 0.2) is 16.9 Å². The average molecular weight is 545 g/mol. The van der Waals surface area contributed by atoms with Gasteiger partial charge in [0.05, 0.1) is 0 Å². The molecule has 0 bridgehead atoms. The smallest absolute Gasteiger partial charge is 0.363 e. The number of benzene rings is 1. The number of anilines is 2. The number of rotatable bonds is 9. The van der Waals surface area contributed by atoms with E-state index in [-0.39, 0.29) is 26.7 Å². The molecule has 1 aromatic carbocycles. The molecule has 1 saturated heterocycles. The molecule has 1 aliphatic rings. The van der Waals surface area contributed by atoms with Crippen molar-refractivity contribution in [3.05, 3.63) is 41.4 Å². The normalized spacial score (nSPS) is 17.9. The second-order valence-electron chi connectivity index (χ2n) is 6.71. The summed E-state index contributed by atoms with van der Waals surface area (Å²) in [6.07, 6.45) is 0. The highest BCUT2D eigenvalue weighted by Gasteiger charge is 2.58. The van der Waals surface area contributed by atoms with Gasteiger partial charge in [0.1, 0.15) is 24.7 Å². The van der Waals surface area contributed by atoms with Crippen molar-refractivity contribution >= 4 is 73.4 Å². The van der Waals surface area contributed by atoms with Crippen molar-refractivity contribution < 1.29 is 37.0 Å². The number of halogens is 1. The van der Waals surface area contributed by atoms with E-state index in [0.29, 0.717) is 0 Å². The molecule has 1 fully saturated rings. The molecule has 186 valence electrons. The number of oxime groups is 1. The fourth-order valence-electron chi connectivity index (χ4n) is 2.95. The summed E-state index contributed by atoms with van der Waals surface area (Å²) in [7, 11) is -3.97. The van der Waals surface area contributed by atoms with E-state index < -0.39 is 51.7 Å². The molecular weight excluding hydrogens is 528 g/mol. The summed E-state index contributed by atoms with van der Waals surface area (Å²) < 4.78 is 32.7. The van der Waals surface area contributed by atoms with Crippen molar-refractivity contribution in [2.45, 2.75) is 12.1 Å². The van der Waals surface area contributed by atoms with Crippen LogP contribution >= 0.6 is 22.9 Å². The maximum absolute atomic E-state index is 12.9. The quantitative estimate of drug-likeness (QED) is 0.109. The first-order chi connectivity index (χ1) is 16.6. The Morgan fingerprint density at radius 2 is 1.94 bits per heavy atom. The topological polar surface area (TPSA) is 196 Å². The minimum atomic E-state index is -5.11. The van der Waals surface area contributed by atoms with Gasteiger partial charge in [-0.3, -0.25) is 23.7 Å². The number of carbonyl (C=O) groups is 4. The Bertz CT molecular complexity index is 1280. The summed E-state index contributed by atoms with van der Waals surface area (Å²) in [5.74, 6) is -4.14. The van der Waals surface area contributed by atoms with E-state index in [9.17, 15) is 32.1 Å². The first kappa shape index (κ1) is 26.0. The third-order valence-corrected chi connectivity index (χ3v) is 6.31. The van der Waals surface area contributed by atoms with Gasteiger partial charge in [-0.2, -0.15) is 12.7 Å². The lowest BCUT2D eigenvalue weighted by Gasteiger charge is -2.42. The molecule has 2 heterocycles. The van der Waals surface area contributed by atoms with Gasteiger partial charge >= 0.3 is 10.3 Å². The van der Waals surface area contributed by atoms with Crippen LogP contribution < -0.4 is 16.0 Å². The Balaban J connectivity index is 1.83.